The molecule has 0 aliphatic carbocycles. The summed E-state index contributed by atoms with van der Waals surface area (Å²) in [5.74, 6) is 0.297. The van der Waals surface area contributed by atoms with Gasteiger partial charge in [-0.1, -0.05) is 37.6 Å². The Labute approximate surface area is 125 Å². The first kappa shape index (κ1) is 13.9. The minimum absolute atomic E-state index is 0.297. The van der Waals surface area contributed by atoms with E-state index < -0.39 is 0 Å². The molecule has 110 valence electrons. The van der Waals surface area contributed by atoms with Crippen molar-refractivity contribution in [2.24, 2.45) is 0 Å². The van der Waals surface area contributed by atoms with Crippen LogP contribution in [-0.4, -0.2) is 28.9 Å². The van der Waals surface area contributed by atoms with E-state index in [0.717, 1.165) is 32.4 Å². The van der Waals surface area contributed by atoms with Crippen molar-refractivity contribution in [3.8, 4) is 0 Å². The predicted molar refractivity (Wildman–Crippen MR) is 87.0 cm³/mol. The van der Waals surface area contributed by atoms with Crippen molar-refractivity contribution in [2.45, 2.75) is 32.6 Å². The highest BCUT2D eigenvalue weighted by Crippen LogP contribution is 2.29. The van der Waals surface area contributed by atoms with E-state index in [2.05, 4.69) is 42.4 Å². The number of hydrogen-bond acceptors (Lipinski definition) is 1. The van der Waals surface area contributed by atoms with Crippen molar-refractivity contribution >= 4 is 22.4 Å². The lowest BCUT2D eigenvalue weighted by atomic mass is 9.98. The van der Waals surface area contributed by atoms with E-state index in [1.807, 2.05) is 11.0 Å². The van der Waals surface area contributed by atoms with Crippen LogP contribution in [0.4, 0.5) is 0 Å². The second kappa shape index (κ2) is 6.17. The summed E-state index contributed by atoms with van der Waals surface area (Å²) in [7, 11) is 0. The molecule has 0 saturated heterocycles. The van der Waals surface area contributed by atoms with Crippen molar-refractivity contribution in [3.05, 3.63) is 42.1 Å². The van der Waals surface area contributed by atoms with Crippen LogP contribution >= 0.6 is 0 Å². The fourth-order valence-corrected chi connectivity index (χ4v) is 2.96. The van der Waals surface area contributed by atoms with Gasteiger partial charge in [0.05, 0.1) is 0 Å². The largest absolute Gasteiger partial charge is 0.361 e. The lowest BCUT2D eigenvalue weighted by molar-refractivity contribution is -0.130. The number of fused-ring (bicyclic) bond motifs is 1. The number of carbonyl (C=O) groups is 1. The Kier molecular flexibility index (Phi) is 4.09. The van der Waals surface area contributed by atoms with Gasteiger partial charge in [-0.2, -0.15) is 0 Å². The van der Waals surface area contributed by atoms with Crippen LogP contribution in [0.5, 0.6) is 0 Å². The highest BCUT2D eigenvalue weighted by atomic mass is 16.2. The van der Waals surface area contributed by atoms with Crippen LogP contribution in [0.15, 0.2) is 36.5 Å². The van der Waals surface area contributed by atoms with E-state index >= 15 is 0 Å². The van der Waals surface area contributed by atoms with Gasteiger partial charge in [-0.15, -0.1) is 0 Å². The molecule has 0 spiro atoms. The summed E-state index contributed by atoms with van der Waals surface area (Å²) in [6.45, 7) is 3.71. The molecule has 1 aromatic carbocycles. The maximum Gasteiger partial charge on any atom is 0.222 e. The number of carbonyl (C=O) groups excluding carboxylic acids is 1. The molecule has 1 amide bonds. The van der Waals surface area contributed by atoms with E-state index in [4.69, 9.17) is 0 Å². The highest BCUT2D eigenvalue weighted by Gasteiger charge is 2.18. The topological polar surface area (TPSA) is 36.1 Å². The van der Waals surface area contributed by atoms with E-state index in [1.165, 1.54) is 22.0 Å². The zero-order chi connectivity index (χ0) is 14.7. The molecular weight excluding hydrogens is 260 g/mol. The first-order valence-corrected chi connectivity index (χ1v) is 7.83. The Bertz CT molecular complexity index is 669. The number of rotatable bonds is 4. The minimum Gasteiger partial charge on any atom is -0.361 e. The summed E-state index contributed by atoms with van der Waals surface area (Å²) in [4.78, 5) is 17.4. The Morgan fingerprint density at radius 3 is 2.95 bits per heavy atom. The van der Waals surface area contributed by atoms with E-state index in [1.54, 1.807) is 0 Å². The molecule has 2 heterocycles. The number of unbranched alkanes of at least 4 members (excludes halogenated alkanes) is 1. The average Bonchev–Trinajstić information content (AvgIpc) is 2.97. The summed E-state index contributed by atoms with van der Waals surface area (Å²) >= 11 is 0. The summed E-state index contributed by atoms with van der Waals surface area (Å²) in [6, 6.07) is 8.37. The number of nitrogens with one attached hydrogen (secondary N) is 1. The molecule has 1 N–H and O–H groups in total. The zero-order valence-electron chi connectivity index (χ0n) is 12.6. The molecule has 0 bridgehead atoms. The molecular formula is C18H22N2O. The van der Waals surface area contributed by atoms with E-state index in [-0.39, 0.29) is 0 Å². The summed E-state index contributed by atoms with van der Waals surface area (Å²) < 4.78 is 0. The monoisotopic (exact) mass is 282 g/mol. The third-order valence-corrected chi connectivity index (χ3v) is 4.24. The van der Waals surface area contributed by atoms with Gasteiger partial charge in [0.1, 0.15) is 0 Å². The summed E-state index contributed by atoms with van der Waals surface area (Å²) in [5.41, 5.74) is 3.81. The van der Waals surface area contributed by atoms with Crippen LogP contribution in [-0.2, 0) is 4.79 Å². The van der Waals surface area contributed by atoms with Crippen molar-refractivity contribution in [1.82, 2.24) is 9.88 Å². The number of nitrogens with zero attached hydrogens (tertiary/aromatic N) is 1. The number of hydrogen-bond donors (Lipinski definition) is 1. The number of aromatic amines is 1. The zero-order valence-corrected chi connectivity index (χ0v) is 12.6. The Hall–Kier alpha value is -2.03. The molecule has 0 atom stereocenters. The van der Waals surface area contributed by atoms with Gasteiger partial charge in [0, 0.05) is 42.2 Å². The molecule has 21 heavy (non-hydrogen) atoms. The second-order valence-corrected chi connectivity index (χ2v) is 5.67. The SMILES string of the molecule is CCCCC(=O)N1CC=C(c2c[nH]c3ccccc23)CC1. The number of H-pyrrole nitrogens is 1. The van der Waals surface area contributed by atoms with Gasteiger partial charge in [-0.25, -0.2) is 0 Å². The highest BCUT2D eigenvalue weighted by molar-refractivity contribution is 5.93. The molecule has 2 aromatic rings. The van der Waals surface area contributed by atoms with Gasteiger partial charge >= 0.3 is 0 Å². The fourth-order valence-electron chi connectivity index (χ4n) is 2.96. The van der Waals surface area contributed by atoms with Crippen molar-refractivity contribution in [2.75, 3.05) is 13.1 Å². The van der Waals surface area contributed by atoms with Crippen LogP contribution in [0.1, 0.15) is 38.2 Å². The predicted octanol–water partition coefficient (Wildman–Crippen LogP) is 3.97. The van der Waals surface area contributed by atoms with Crippen LogP contribution < -0.4 is 0 Å². The Morgan fingerprint density at radius 1 is 1.33 bits per heavy atom. The van der Waals surface area contributed by atoms with Crippen LogP contribution in [0.3, 0.4) is 0 Å². The maximum absolute atomic E-state index is 12.1. The minimum atomic E-state index is 0.297. The fraction of sp³-hybridized carbons (Fsp3) is 0.389. The quantitative estimate of drug-likeness (QED) is 0.905. The molecule has 0 saturated carbocycles. The third kappa shape index (κ3) is 2.87. The van der Waals surface area contributed by atoms with Crippen molar-refractivity contribution in [1.29, 1.82) is 0 Å². The van der Waals surface area contributed by atoms with E-state index in [0.29, 0.717) is 12.3 Å². The van der Waals surface area contributed by atoms with Crippen LogP contribution in [0, 0.1) is 0 Å². The first-order valence-electron chi connectivity index (χ1n) is 7.83. The molecule has 0 unspecified atom stereocenters. The molecule has 1 aliphatic heterocycles. The molecule has 3 heteroatoms. The van der Waals surface area contributed by atoms with E-state index in [9.17, 15) is 4.79 Å². The molecule has 0 radical (unpaired) electrons. The Balaban J connectivity index is 1.74. The normalized spacial score (nSPS) is 15.3. The summed E-state index contributed by atoms with van der Waals surface area (Å²) in [6.07, 6.45) is 8.00. The Morgan fingerprint density at radius 2 is 2.19 bits per heavy atom. The molecule has 3 rings (SSSR count). The number of para-hydroxylation sites is 1. The van der Waals surface area contributed by atoms with Gasteiger partial charge in [-0.05, 0) is 24.5 Å². The van der Waals surface area contributed by atoms with Gasteiger partial charge in [-0.3, -0.25) is 4.79 Å². The molecule has 3 nitrogen and oxygen atoms in total. The van der Waals surface area contributed by atoms with Crippen molar-refractivity contribution in [3.63, 3.8) is 0 Å². The van der Waals surface area contributed by atoms with Gasteiger partial charge in [0.25, 0.3) is 0 Å². The van der Waals surface area contributed by atoms with Gasteiger partial charge in [0.2, 0.25) is 5.91 Å². The molecule has 0 fully saturated rings. The van der Waals surface area contributed by atoms with Crippen LogP contribution in [0.25, 0.3) is 16.5 Å². The summed E-state index contributed by atoms with van der Waals surface area (Å²) in [5, 5.41) is 1.27. The number of amides is 1. The number of benzene rings is 1. The number of aromatic nitrogens is 1. The second-order valence-electron chi connectivity index (χ2n) is 5.67. The average molecular weight is 282 g/mol. The standard InChI is InChI=1S/C18H22N2O/c1-2-3-8-18(21)20-11-9-14(10-12-20)16-13-19-17-7-5-4-6-15(16)17/h4-7,9,13,19H,2-3,8,10-12H2,1H3. The molecule has 1 aromatic heterocycles. The molecule has 1 aliphatic rings. The van der Waals surface area contributed by atoms with Gasteiger partial charge in [0.15, 0.2) is 0 Å². The van der Waals surface area contributed by atoms with Crippen molar-refractivity contribution < 1.29 is 4.79 Å². The maximum atomic E-state index is 12.1. The first-order chi connectivity index (χ1) is 10.3. The third-order valence-electron chi connectivity index (χ3n) is 4.24. The van der Waals surface area contributed by atoms with Gasteiger partial charge < -0.3 is 9.88 Å². The lowest BCUT2D eigenvalue weighted by Gasteiger charge is -2.26. The smallest absolute Gasteiger partial charge is 0.222 e. The lowest BCUT2D eigenvalue weighted by Crippen LogP contribution is -2.34. The van der Waals surface area contributed by atoms with Crippen LogP contribution in [0.2, 0.25) is 0 Å².